The number of carbonyl (C=O) groups excluding carboxylic acids is 2. The Morgan fingerprint density at radius 2 is 1.59 bits per heavy atom. The molecular weight excluding hydrogens is 426 g/mol. The van der Waals surface area contributed by atoms with E-state index in [0.717, 1.165) is 27.6 Å². The molecule has 0 radical (unpaired) electrons. The van der Waals surface area contributed by atoms with Crippen LogP contribution in [0.2, 0.25) is 0 Å². The smallest absolute Gasteiger partial charge is 0.407 e. The molecule has 0 saturated heterocycles. The average Bonchev–Trinajstić information content (AvgIpc) is 3.29. The van der Waals surface area contributed by atoms with Crippen LogP contribution in [0.4, 0.5) is 4.79 Å². The topological polar surface area (TPSA) is 83.2 Å². The van der Waals surface area contributed by atoms with Crippen molar-refractivity contribution in [1.29, 1.82) is 0 Å². The first kappa shape index (κ1) is 23.1. The summed E-state index contributed by atoms with van der Waals surface area (Å²) in [5.41, 5.74) is 4.01. The van der Waals surface area contributed by atoms with Gasteiger partial charge in [0.2, 0.25) is 5.91 Å². The van der Waals surface area contributed by atoms with E-state index in [2.05, 4.69) is 15.6 Å². The summed E-state index contributed by atoms with van der Waals surface area (Å²) in [5.74, 6) is -0.690. The van der Waals surface area contributed by atoms with Gasteiger partial charge in [0.1, 0.15) is 6.61 Å². The van der Waals surface area contributed by atoms with Gasteiger partial charge in [-0.2, -0.15) is 0 Å². The molecule has 0 aliphatic heterocycles. The van der Waals surface area contributed by atoms with E-state index in [9.17, 15) is 9.59 Å². The summed E-state index contributed by atoms with van der Waals surface area (Å²) in [6.45, 7) is 2.29. The molecule has 1 heterocycles. The molecule has 174 valence electrons. The van der Waals surface area contributed by atoms with Gasteiger partial charge in [-0.25, -0.2) is 4.79 Å². The van der Waals surface area contributed by atoms with Crippen molar-refractivity contribution in [1.82, 2.24) is 15.6 Å². The van der Waals surface area contributed by atoms with E-state index < -0.39 is 12.0 Å². The number of rotatable bonds is 9. The third-order valence-corrected chi connectivity index (χ3v) is 5.87. The summed E-state index contributed by atoms with van der Waals surface area (Å²) in [4.78, 5) is 28.8. The number of para-hydroxylation sites is 1. The number of alkyl carbamates (subject to hydrolysis) is 1. The Balaban J connectivity index is 1.43. The Bertz CT molecular complexity index is 1220. The van der Waals surface area contributed by atoms with E-state index in [1.54, 1.807) is 0 Å². The minimum absolute atomic E-state index is 0.0204. The predicted molar refractivity (Wildman–Crippen MR) is 133 cm³/mol. The maximum absolute atomic E-state index is 13.2. The molecule has 0 aliphatic carbocycles. The number of aromatic amines is 1. The molecule has 4 rings (SSSR count). The second-order valence-electron chi connectivity index (χ2n) is 8.34. The summed E-state index contributed by atoms with van der Waals surface area (Å²) in [5, 5.41) is 6.89. The lowest BCUT2D eigenvalue weighted by Gasteiger charge is -2.21. The molecule has 0 unspecified atom stereocenters. The molecule has 3 aromatic carbocycles. The van der Waals surface area contributed by atoms with Crippen LogP contribution in [0.1, 0.15) is 29.7 Å². The van der Waals surface area contributed by atoms with Crippen LogP contribution in [0.3, 0.4) is 0 Å². The van der Waals surface area contributed by atoms with Crippen LogP contribution in [0.5, 0.6) is 0 Å². The maximum atomic E-state index is 13.2. The fourth-order valence-corrected chi connectivity index (χ4v) is 3.95. The number of carbonyl (C=O) groups is 2. The summed E-state index contributed by atoms with van der Waals surface area (Å²) in [6.07, 6.45) is 1.82. The first-order valence-corrected chi connectivity index (χ1v) is 11.4. The van der Waals surface area contributed by atoms with E-state index in [0.29, 0.717) is 13.0 Å². The first-order chi connectivity index (χ1) is 16.6. The Labute approximate surface area is 199 Å². The molecule has 6 heteroatoms. The second kappa shape index (κ2) is 11.2. The lowest BCUT2D eigenvalue weighted by atomic mass is 9.98. The van der Waals surface area contributed by atoms with Gasteiger partial charge in [0, 0.05) is 23.6 Å². The largest absolute Gasteiger partial charge is 0.449 e. The van der Waals surface area contributed by atoms with Crippen molar-refractivity contribution < 1.29 is 14.3 Å². The lowest BCUT2D eigenvalue weighted by Crippen LogP contribution is -2.37. The summed E-state index contributed by atoms with van der Waals surface area (Å²) in [6, 6.07) is 27.2. The van der Waals surface area contributed by atoms with Gasteiger partial charge in [-0.1, -0.05) is 78.9 Å². The minimum Gasteiger partial charge on any atom is -0.449 e. The zero-order chi connectivity index (χ0) is 23.8. The number of aromatic nitrogens is 1. The van der Waals surface area contributed by atoms with E-state index in [4.69, 9.17) is 4.74 Å². The summed E-state index contributed by atoms with van der Waals surface area (Å²) >= 11 is 0. The van der Waals surface area contributed by atoms with Gasteiger partial charge >= 0.3 is 6.09 Å². The van der Waals surface area contributed by atoms with Gasteiger partial charge < -0.3 is 20.4 Å². The highest BCUT2D eigenvalue weighted by molar-refractivity contribution is 5.85. The minimum atomic E-state index is -0.545. The third-order valence-electron chi connectivity index (χ3n) is 5.87. The second-order valence-corrected chi connectivity index (χ2v) is 8.34. The number of ether oxygens (including phenoxy) is 1. The highest BCUT2D eigenvalue weighted by atomic mass is 16.5. The van der Waals surface area contributed by atoms with Crippen LogP contribution in [0.25, 0.3) is 10.9 Å². The molecule has 2 atom stereocenters. The Hall–Kier alpha value is -4.06. The zero-order valence-electron chi connectivity index (χ0n) is 19.2. The van der Waals surface area contributed by atoms with E-state index >= 15 is 0 Å². The van der Waals surface area contributed by atoms with Crippen LogP contribution in [0, 0.1) is 5.92 Å². The van der Waals surface area contributed by atoms with Crippen molar-refractivity contribution in [3.63, 3.8) is 0 Å². The van der Waals surface area contributed by atoms with Gasteiger partial charge in [-0.3, -0.25) is 4.79 Å². The number of amides is 2. The number of benzene rings is 3. The monoisotopic (exact) mass is 455 g/mol. The lowest BCUT2D eigenvalue weighted by molar-refractivity contribution is -0.126. The first-order valence-electron chi connectivity index (χ1n) is 11.4. The van der Waals surface area contributed by atoms with Gasteiger partial charge in [0.15, 0.2) is 0 Å². The standard InChI is InChI=1S/C28H29N3O3/c1-20(22-12-6-3-7-13-22)31-27(32)24(16-23-18-29-26-15-9-8-14-25(23)26)19-34-28(33)30-17-21-10-4-2-5-11-21/h2-15,18,20,24,29H,16-17,19H2,1H3,(H,30,33)(H,31,32)/t20-,24-/m0/s1. The quantitative estimate of drug-likeness (QED) is 0.327. The molecule has 3 N–H and O–H groups in total. The fourth-order valence-electron chi connectivity index (χ4n) is 3.95. The van der Waals surface area contributed by atoms with E-state index in [1.165, 1.54) is 0 Å². The van der Waals surface area contributed by atoms with Gasteiger partial charge in [-0.05, 0) is 36.1 Å². The van der Waals surface area contributed by atoms with Crippen LogP contribution >= 0.6 is 0 Å². The van der Waals surface area contributed by atoms with Crippen molar-refractivity contribution >= 4 is 22.9 Å². The summed E-state index contributed by atoms with van der Waals surface area (Å²) < 4.78 is 5.47. The number of H-pyrrole nitrogens is 1. The van der Waals surface area contributed by atoms with Crippen LogP contribution in [0.15, 0.2) is 91.1 Å². The van der Waals surface area contributed by atoms with Crippen LogP contribution in [-0.2, 0) is 22.5 Å². The SMILES string of the molecule is C[C@H](NC(=O)[C@H](COC(=O)NCc1ccccc1)Cc1c[nH]c2ccccc12)c1ccccc1. The molecular formula is C28H29N3O3. The number of hydrogen-bond acceptors (Lipinski definition) is 3. The number of fused-ring (bicyclic) bond motifs is 1. The molecule has 0 aliphatic rings. The van der Waals surface area contributed by atoms with Gasteiger partial charge in [0.05, 0.1) is 12.0 Å². The predicted octanol–water partition coefficient (Wildman–Crippen LogP) is 5.13. The Morgan fingerprint density at radius 3 is 2.35 bits per heavy atom. The number of hydrogen-bond donors (Lipinski definition) is 3. The van der Waals surface area contributed by atoms with E-state index in [1.807, 2.05) is 98.0 Å². The van der Waals surface area contributed by atoms with Crippen molar-refractivity contribution in [3.8, 4) is 0 Å². The highest BCUT2D eigenvalue weighted by Crippen LogP contribution is 2.22. The van der Waals surface area contributed by atoms with Crippen LogP contribution < -0.4 is 10.6 Å². The van der Waals surface area contributed by atoms with Crippen LogP contribution in [-0.4, -0.2) is 23.6 Å². The summed E-state index contributed by atoms with van der Waals surface area (Å²) in [7, 11) is 0. The molecule has 0 saturated carbocycles. The van der Waals surface area contributed by atoms with Crippen molar-refractivity contribution in [2.24, 2.45) is 5.92 Å². The van der Waals surface area contributed by atoms with Gasteiger partial charge in [-0.15, -0.1) is 0 Å². The normalized spacial score (nSPS) is 12.6. The van der Waals surface area contributed by atoms with Crippen molar-refractivity contribution in [3.05, 3.63) is 108 Å². The number of nitrogens with one attached hydrogen (secondary N) is 3. The Morgan fingerprint density at radius 1 is 0.912 bits per heavy atom. The highest BCUT2D eigenvalue weighted by Gasteiger charge is 2.24. The molecule has 4 aromatic rings. The molecule has 1 aromatic heterocycles. The van der Waals surface area contributed by atoms with Gasteiger partial charge in [0.25, 0.3) is 0 Å². The zero-order valence-corrected chi connectivity index (χ0v) is 19.2. The molecule has 0 spiro atoms. The average molecular weight is 456 g/mol. The van der Waals surface area contributed by atoms with Crippen molar-refractivity contribution in [2.75, 3.05) is 6.61 Å². The molecule has 0 fully saturated rings. The Kier molecular flexibility index (Phi) is 7.60. The molecule has 2 amide bonds. The van der Waals surface area contributed by atoms with Crippen molar-refractivity contribution in [2.45, 2.75) is 25.9 Å². The molecule has 0 bridgehead atoms. The molecule has 6 nitrogen and oxygen atoms in total. The third kappa shape index (κ3) is 6.04. The maximum Gasteiger partial charge on any atom is 0.407 e. The molecule has 34 heavy (non-hydrogen) atoms. The fraction of sp³-hybridized carbons (Fsp3) is 0.214. The van der Waals surface area contributed by atoms with E-state index in [-0.39, 0.29) is 18.6 Å².